The summed E-state index contributed by atoms with van der Waals surface area (Å²) in [7, 11) is 1.87. The van der Waals surface area contributed by atoms with E-state index in [1.165, 1.54) is 0 Å². The fourth-order valence-corrected chi connectivity index (χ4v) is 3.87. The molecular formula is C20H24F3N5O2. The second-order valence-electron chi connectivity index (χ2n) is 7.87. The molecule has 1 aromatic heterocycles. The van der Waals surface area contributed by atoms with E-state index in [2.05, 4.69) is 20.6 Å². The zero-order valence-corrected chi connectivity index (χ0v) is 16.9. The Morgan fingerprint density at radius 1 is 1.20 bits per heavy atom. The van der Waals surface area contributed by atoms with Crippen LogP contribution in [-0.4, -0.2) is 46.5 Å². The van der Waals surface area contributed by atoms with Gasteiger partial charge >= 0.3 is 0 Å². The van der Waals surface area contributed by atoms with Crippen LogP contribution in [0.3, 0.4) is 0 Å². The van der Waals surface area contributed by atoms with Crippen LogP contribution in [0.5, 0.6) is 5.75 Å². The summed E-state index contributed by atoms with van der Waals surface area (Å²) in [6.07, 6.45) is 1.05. The number of aliphatic hydroxyl groups excluding tert-OH is 1. The number of hydrogen-bond donors (Lipinski definition) is 3. The maximum atomic E-state index is 13.4. The number of anilines is 3. The van der Waals surface area contributed by atoms with Gasteiger partial charge in [0.2, 0.25) is 5.95 Å². The van der Waals surface area contributed by atoms with E-state index in [9.17, 15) is 18.3 Å². The summed E-state index contributed by atoms with van der Waals surface area (Å²) < 4.78 is 45.5. The molecule has 1 aromatic carbocycles. The van der Waals surface area contributed by atoms with E-state index in [0.29, 0.717) is 36.0 Å². The van der Waals surface area contributed by atoms with Gasteiger partial charge in [-0.05, 0) is 26.7 Å². The van der Waals surface area contributed by atoms with Crippen LogP contribution in [0.2, 0.25) is 0 Å². The lowest BCUT2D eigenvalue weighted by Gasteiger charge is -2.37. The fraction of sp³-hybridized carbons (Fsp3) is 0.500. The van der Waals surface area contributed by atoms with Gasteiger partial charge in [-0.1, -0.05) is 0 Å². The first-order chi connectivity index (χ1) is 14.2. The molecule has 1 unspecified atom stereocenters. The molecule has 0 saturated heterocycles. The van der Waals surface area contributed by atoms with Crippen LogP contribution in [-0.2, 0) is 0 Å². The van der Waals surface area contributed by atoms with Crippen molar-refractivity contribution in [3.05, 3.63) is 35.3 Å². The molecule has 0 amide bonds. The number of likely N-dealkylation sites (N-methyl/N-ethyl adjacent to an activating group) is 1. The highest BCUT2D eigenvalue weighted by molar-refractivity contribution is 5.72. The Kier molecular flexibility index (Phi) is 5.35. The summed E-state index contributed by atoms with van der Waals surface area (Å²) in [6.45, 7) is 3.73. The molecular weight excluding hydrogens is 399 g/mol. The summed E-state index contributed by atoms with van der Waals surface area (Å²) in [4.78, 5) is 11.0. The SMILES string of the molecule is Cc1nc(N[C@@H]2CC[C@@H](Oc3cc(F)c(F)c(F)c3)C2)nc2c1NC(O)[C@H](C)N2C. The quantitative estimate of drug-likeness (QED) is 0.652. The Bertz CT molecular complexity index is 937. The molecule has 4 atom stereocenters. The van der Waals surface area contributed by atoms with Gasteiger partial charge in [-0.3, -0.25) is 0 Å². The third-order valence-corrected chi connectivity index (χ3v) is 5.74. The highest BCUT2D eigenvalue weighted by atomic mass is 19.2. The van der Waals surface area contributed by atoms with E-state index in [0.717, 1.165) is 18.6 Å². The number of hydrogen-bond acceptors (Lipinski definition) is 7. The van der Waals surface area contributed by atoms with Crippen LogP contribution in [0.1, 0.15) is 31.9 Å². The minimum absolute atomic E-state index is 0.0208. The molecule has 1 saturated carbocycles. The van der Waals surface area contributed by atoms with Crippen molar-refractivity contribution < 1.29 is 23.0 Å². The van der Waals surface area contributed by atoms with Crippen LogP contribution >= 0.6 is 0 Å². The summed E-state index contributed by atoms with van der Waals surface area (Å²) in [6, 6.07) is 1.58. The second kappa shape index (κ2) is 7.82. The maximum Gasteiger partial charge on any atom is 0.225 e. The van der Waals surface area contributed by atoms with Gasteiger partial charge in [0.15, 0.2) is 23.3 Å². The summed E-state index contributed by atoms with van der Waals surface area (Å²) in [5.74, 6) is -2.91. The van der Waals surface area contributed by atoms with Gasteiger partial charge < -0.3 is 25.4 Å². The Morgan fingerprint density at radius 2 is 1.90 bits per heavy atom. The smallest absolute Gasteiger partial charge is 0.225 e. The van der Waals surface area contributed by atoms with Gasteiger partial charge in [-0.15, -0.1) is 0 Å². The van der Waals surface area contributed by atoms with E-state index in [1.54, 1.807) is 0 Å². The minimum atomic E-state index is -1.51. The molecule has 0 radical (unpaired) electrons. The van der Waals surface area contributed by atoms with Gasteiger partial charge in [0, 0.05) is 31.6 Å². The molecule has 0 spiro atoms. The number of benzene rings is 1. The molecule has 7 nitrogen and oxygen atoms in total. The molecule has 2 aromatic rings. The molecule has 2 heterocycles. The maximum absolute atomic E-state index is 13.4. The highest BCUT2D eigenvalue weighted by Gasteiger charge is 2.32. The standard InChI is InChI=1S/C20H24F3N5O2/c1-9-17-18(28(3)10(2)19(29)26-17)27-20(24-9)25-11-4-5-12(6-11)30-13-7-14(21)16(23)15(22)8-13/h7-8,10-12,19,26,29H,4-6H2,1-3H3,(H,24,25,27)/t10-,11+,12+,19?/m0/s1. The number of halogens is 3. The molecule has 0 bridgehead atoms. The summed E-state index contributed by atoms with van der Waals surface area (Å²) in [5.41, 5.74) is 1.41. The van der Waals surface area contributed by atoms with Gasteiger partial charge in [0.05, 0.1) is 11.7 Å². The summed E-state index contributed by atoms with van der Waals surface area (Å²) >= 11 is 0. The van der Waals surface area contributed by atoms with Crippen molar-refractivity contribution in [2.45, 2.75) is 57.5 Å². The van der Waals surface area contributed by atoms with Crippen LogP contribution < -0.4 is 20.3 Å². The van der Waals surface area contributed by atoms with Gasteiger partial charge in [-0.2, -0.15) is 4.98 Å². The number of aliphatic hydroxyl groups is 1. The minimum Gasteiger partial charge on any atom is -0.490 e. The molecule has 2 aliphatic rings. The largest absolute Gasteiger partial charge is 0.490 e. The first kappa shape index (κ1) is 20.5. The average molecular weight is 423 g/mol. The first-order valence-corrected chi connectivity index (χ1v) is 9.86. The number of aryl methyl sites for hydroxylation is 1. The lowest BCUT2D eigenvalue weighted by atomic mass is 10.1. The van der Waals surface area contributed by atoms with Crippen LogP contribution in [0.25, 0.3) is 0 Å². The Morgan fingerprint density at radius 3 is 2.60 bits per heavy atom. The van der Waals surface area contributed by atoms with Gasteiger partial charge in [-0.25, -0.2) is 18.2 Å². The first-order valence-electron chi connectivity index (χ1n) is 9.86. The highest BCUT2D eigenvalue weighted by Crippen LogP contribution is 2.34. The zero-order chi connectivity index (χ0) is 21.6. The molecule has 4 rings (SSSR count). The fourth-order valence-electron chi connectivity index (χ4n) is 3.87. The van der Waals surface area contributed by atoms with Gasteiger partial charge in [0.1, 0.15) is 23.8 Å². The Labute approximate surface area is 172 Å². The molecule has 1 aliphatic carbocycles. The number of nitrogens with one attached hydrogen (secondary N) is 2. The van der Waals surface area contributed by atoms with E-state index in [4.69, 9.17) is 4.74 Å². The summed E-state index contributed by atoms with van der Waals surface area (Å²) in [5, 5.41) is 16.4. The molecule has 3 N–H and O–H groups in total. The van der Waals surface area contributed by atoms with E-state index in [1.807, 2.05) is 25.8 Å². The Hall–Kier alpha value is -2.75. The topological polar surface area (TPSA) is 82.5 Å². The van der Waals surface area contributed by atoms with E-state index >= 15 is 0 Å². The van der Waals surface area contributed by atoms with E-state index in [-0.39, 0.29) is 23.9 Å². The predicted octanol–water partition coefficient (Wildman–Crippen LogP) is 3.18. The number of nitrogens with zero attached hydrogens (tertiary/aromatic N) is 3. The normalized spacial score (nSPS) is 25.6. The predicted molar refractivity (Wildman–Crippen MR) is 106 cm³/mol. The zero-order valence-electron chi connectivity index (χ0n) is 16.9. The van der Waals surface area contributed by atoms with Crippen molar-refractivity contribution >= 4 is 17.5 Å². The lowest BCUT2D eigenvalue weighted by Crippen LogP contribution is -2.48. The van der Waals surface area contributed by atoms with Crippen molar-refractivity contribution in [2.24, 2.45) is 0 Å². The molecule has 30 heavy (non-hydrogen) atoms. The third-order valence-electron chi connectivity index (χ3n) is 5.74. The molecule has 1 aliphatic heterocycles. The van der Waals surface area contributed by atoms with E-state index < -0.39 is 23.7 Å². The van der Waals surface area contributed by atoms with Crippen molar-refractivity contribution in [2.75, 3.05) is 22.6 Å². The second-order valence-corrected chi connectivity index (χ2v) is 7.87. The number of aromatic nitrogens is 2. The lowest BCUT2D eigenvalue weighted by molar-refractivity contribution is 0.172. The van der Waals surface area contributed by atoms with Gasteiger partial charge in [0.25, 0.3) is 0 Å². The van der Waals surface area contributed by atoms with Crippen LogP contribution in [0, 0.1) is 24.4 Å². The van der Waals surface area contributed by atoms with Crippen molar-refractivity contribution in [3.8, 4) is 5.75 Å². The molecule has 10 heteroatoms. The monoisotopic (exact) mass is 423 g/mol. The number of rotatable bonds is 4. The molecule has 162 valence electrons. The van der Waals surface area contributed by atoms with Crippen LogP contribution in [0.15, 0.2) is 12.1 Å². The average Bonchev–Trinajstić information content (AvgIpc) is 3.12. The van der Waals surface area contributed by atoms with Crippen molar-refractivity contribution in [1.29, 1.82) is 0 Å². The van der Waals surface area contributed by atoms with Crippen molar-refractivity contribution in [3.63, 3.8) is 0 Å². The third kappa shape index (κ3) is 3.83. The Balaban J connectivity index is 1.43. The van der Waals surface area contributed by atoms with Crippen molar-refractivity contribution in [1.82, 2.24) is 9.97 Å². The van der Waals surface area contributed by atoms with Crippen LogP contribution in [0.4, 0.5) is 30.6 Å². The number of fused-ring (bicyclic) bond motifs is 1. The number of ether oxygens (including phenoxy) is 1. The molecule has 1 fully saturated rings.